The van der Waals surface area contributed by atoms with Crippen molar-refractivity contribution in [2.24, 2.45) is 0 Å². The van der Waals surface area contributed by atoms with E-state index < -0.39 is 0 Å². The molecule has 27 heavy (non-hydrogen) atoms. The number of carbonyl (C=O) groups excluding carboxylic acids is 1. The first kappa shape index (κ1) is 20.9. The maximum absolute atomic E-state index is 12.4. The van der Waals surface area contributed by atoms with Gasteiger partial charge in [-0.2, -0.15) is 0 Å². The molecule has 0 radical (unpaired) electrons. The average Bonchev–Trinajstić information content (AvgIpc) is 2.64. The molecule has 1 atom stereocenters. The van der Waals surface area contributed by atoms with Gasteiger partial charge in [0.15, 0.2) is 0 Å². The number of halogens is 1. The van der Waals surface area contributed by atoms with Crippen LogP contribution in [0.4, 0.5) is 10.5 Å². The van der Waals surface area contributed by atoms with Crippen LogP contribution in [-0.4, -0.2) is 45.3 Å². The first-order valence-electron chi connectivity index (χ1n) is 8.72. The standard InChI is InChI=1S/C20H26ClN3O3/c1-5-27-19-10-9-15(21)12-17(19)23-20(25)22-13-18(24(2)3)14-7-6-8-16(11-14)26-4/h6-12,18H,5,13H2,1-4H3,(H2,22,23,25). The van der Waals surface area contributed by atoms with Gasteiger partial charge < -0.3 is 25.0 Å². The van der Waals surface area contributed by atoms with Crippen molar-refractivity contribution in [2.75, 3.05) is 39.7 Å². The Hall–Kier alpha value is -2.44. The summed E-state index contributed by atoms with van der Waals surface area (Å²) in [5, 5.41) is 6.23. The summed E-state index contributed by atoms with van der Waals surface area (Å²) in [6, 6.07) is 12.6. The lowest BCUT2D eigenvalue weighted by atomic mass is 10.1. The lowest BCUT2D eigenvalue weighted by Gasteiger charge is -2.25. The minimum atomic E-state index is -0.326. The largest absolute Gasteiger partial charge is 0.497 e. The van der Waals surface area contributed by atoms with E-state index in [9.17, 15) is 4.79 Å². The number of urea groups is 1. The molecule has 0 aromatic heterocycles. The third-order valence-corrected chi connectivity index (χ3v) is 4.28. The number of carbonyl (C=O) groups is 1. The molecule has 6 nitrogen and oxygen atoms in total. The highest BCUT2D eigenvalue weighted by Crippen LogP contribution is 2.28. The molecule has 0 heterocycles. The molecule has 7 heteroatoms. The van der Waals surface area contributed by atoms with Gasteiger partial charge in [-0.05, 0) is 56.9 Å². The predicted octanol–water partition coefficient (Wildman–Crippen LogP) is 4.17. The van der Waals surface area contributed by atoms with Crippen molar-refractivity contribution in [3.63, 3.8) is 0 Å². The average molecular weight is 392 g/mol. The summed E-state index contributed by atoms with van der Waals surface area (Å²) < 4.78 is 10.8. The van der Waals surface area contributed by atoms with Gasteiger partial charge in [-0.15, -0.1) is 0 Å². The Morgan fingerprint density at radius 2 is 2.00 bits per heavy atom. The van der Waals surface area contributed by atoms with Gasteiger partial charge in [0.1, 0.15) is 11.5 Å². The van der Waals surface area contributed by atoms with Crippen molar-refractivity contribution < 1.29 is 14.3 Å². The van der Waals surface area contributed by atoms with Crippen LogP contribution < -0.4 is 20.1 Å². The molecule has 0 bridgehead atoms. The number of methoxy groups -OCH3 is 1. The molecule has 0 spiro atoms. The fourth-order valence-corrected chi connectivity index (χ4v) is 2.86. The molecule has 2 N–H and O–H groups in total. The van der Waals surface area contributed by atoms with Gasteiger partial charge in [0.05, 0.1) is 25.4 Å². The van der Waals surface area contributed by atoms with E-state index in [1.165, 1.54) is 0 Å². The number of nitrogens with one attached hydrogen (secondary N) is 2. The number of nitrogens with zero attached hydrogens (tertiary/aromatic N) is 1. The summed E-state index contributed by atoms with van der Waals surface area (Å²) in [6.07, 6.45) is 0. The van der Waals surface area contributed by atoms with E-state index in [2.05, 4.69) is 10.6 Å². The number of hydrogen-bond acceptors (Lipinski definition) is 4. The fraction of sp³-hybridized carbons (Fsp3) is 0.350. The van der Waals surface area contributed by atoms with Crippen LogP contribution in [0.2, 0.25) is 5.02 Å². The lowest BCUT2D eigenvalue weighted by Crippen LogP contribution is -2.37. The number of hydrogen-bond donors (Lipinski definition) is 2. The number of likely N-dealkylation sites (N-methyl/N-ethyl adjacent to an activating group) is 1. The molecule has 2 aromatic carbocycles. The minimum absolute atomic E-state index is 0.00317. The summed E-state index contributed by atoms with van der Waals surface area (Å²) in [5.74, 6) is 1.36. The highest BCUT2D eigenvalue weighted by atomic mass is 35.5. The van der Waals surface area contributed by atoms with Gasteiger partial charge in [0, 0.05) is 11.6 Å². The van der Waals surface area contributed by atoms with Crippen molar-refractivity contribution in [2.45, 2.75) is 13.0 Å². The van der Waals surface area contributed by atoms with Gasteiger partial charge in [-0.3, -0.25) is 0 Å². The zero-order chi connectivity index (χ0) is 19.8. The smallest absolute Gasteiger partial charge is 0.319 e. The fourth-order valence-electron chi connectivity index (χ4n) is 2.68. The van der Waals surface area contributed by atoms with Crippen molar-refractivity contribution in [1.82, 2.24) is 10.2 Å². The Morgan fingerprint density at radius 3 is 2.67 bits per heavy atom. The highest BCUT2D eigenvalue weighted by molar-refractivity contribution is 6.31. The normalized spacial score (nSPS) is 11.8. The van der Waals surface area contributed by atoms with Crippen LogP contribution in [0.1, 0.15) is 18.5 Å². The van der Waals surface area contributed by atoms with Crippen molar-refractivity contribution >= 4 is 23.3 Å². The van der Waals surface area contributed by atoms with Crippen LogP contribution >= 0.6 is 11.6 Å². The molecular weight excluding hydrogens is 366 g/mol. The third kappa shape index (κ3) is 6.05. The first-order chi connectivity index (χ1) is 12.9. The molecule has 146 valence electrons. The number of rotatable bonds is 8. The second kappa shape index (κ2) is 10.0. The Labute approximate surface area is 165 Å². The summed E-state index contributed by atoms with van der Waals surface area (Å²) in [6.45, 7) is 2.81. The highest BCUT2D eigenvalue weighted by Gasteiger charge is 2.17. The van der Waals surface area contributed by atoms with E-state index in [0.29, 0.717) is 29.6 Å². The Balaban J connectivity index is 2.05. The van der Waals surface area contributed by atoms with Crippen LogP contribution in [-0.2, 0) is 0 Å². The zero-order valence-electron chi connectivity index (χ0n) is 16.1. The first-order valence-corrected chi connectivity index (χ1v) is 9.10. The molecule has 0 saturated carbocycles. The number of amides is 2. The van der Waals surface area contributed by atoms with Gasteiger partial charge in [0.25, 0.3) is 0 Å². The SMILES string of the molecule is CCOc1ccc(Cl)cc1NC(=O)NCC(c1cccc(OC)c1)N(C)C. The summed E-state index contributed by atoms with van der Waals surface area (Å²) >= 11 is 6.03. The van der Waals surface area contributed by atoms with Crippen LogP contribution in [0, 0.1) is 0 Å². The topological polar surface area (TPSA) is 62.8 Å². The predicted molar refractivity (Wildman–Crippen MR) is 109 cm³/mol. The third-order valence-electron chi connectivity index (χ3n) is 4.05. The Kier molecular flexibility index (Phi) is 7.76. The van der Waals surface area contributed by atoms with Gasteiger partial charge >= 0.3 is 6.03 Å². The van der Waals surface area contributed by atoms with Crippen molar-refractivity contribution in [3.8, 4) is 11.5 Å². The second-order valence-corrected chi connectivity index (χ2v) is 6.60. The molecule has 0 saturated heterocycles. The molecule has 0 aliphatic heterocycles. The Bertz CT molecular complexity index is 768. The van der Waals surface area contributed by atoms with Gasteiger partial charge in [-0.1, -0.05) is 23.7 Å². The number of ether oxygens (including phenoxy) is 2. The lowest BCUT2D eigenvalue weighted by molar-refractivity contribution is 0.243. The second-order valence-electron chi connectivity index (χ2n) is 6.16. The van der Waals surface area contributed by atoms with Crippen molar-refractivity contribution in [1.29, 1.82) is 0 Å². The van der Waals surface area contributed by atoms with E-state index in [1.807, 2.05) is 50.2 Å². The van der Waals surface area contributed by atoms with E-state index in [0.717, 1.165) is 11.3 Å². The number of anilines is 1. The van der Waals surface area contributed by atoms with Gasteiger partial charge in [-0.25, -0.2) is 4.79 Å². The van der Waals surface area contributed by atoms with Crippen LogP contribution in [0.3, 0.4) is 0 Å². The quantitative estimate of drug-likeness (QED) is 0.708. The molecule has 0 fully saturated rings. The maximum Gasteiger partial charge on any atom is 0.319 e. The van der Waals surface area contributed by atoms with Crippen LogP contribution in [0.15, 0.2) is 42.5 Å². The van der Waals surface area contributed by atoms with Crippen LogP contribution in [0.5, 0.6) is 11.5 Å². The summed E-state index contributed by atoms with van der Waals surface area (Å²) in [4.78, 5) is 14.4. The van der Waals surface area contributed by atoms with E-state index in [-0.39, 0.29) is 12.1 Å². The van der Waals surface area contributed by atoms with E-state index in [1.54, 1.807) is 25.3 Å². The molecule has 0 aliphatic carbocycles. The molecule has 2 rings (SSSR count). The summed E-state index contributed by atoms with van der Waals surface area (Å²) in [7, 11) is 5.57. The Morgan fingerprint density at radius 1 is 1.22 bits per heavy atom. The number of benzene rings is 2. The van der Waals surface area contributed by atoms with E-state index in [4.69, 9.17) is 21.1 Å². The monoisotopic (exact) mass is 391 g/mol. The maximum atomic E-state index is 12.4. The molecular formula is C20H26ClN3O3. The molecule has 2 aromatic rings. The minimum Gasteiger partial charge on any atom is -0.497 e. The van der Waals surface area contributed by atoms with E-state index >= 15 is 0 Å². The zero-order valence-corrected chi connectivity index (χ0v) is 16.8. The molecule has 1 unspecified atom stereocenters. The van der Waals surface area contributed by atoms with Crippen molar-refractivity contribution in [3.05, 3.63) is 53.1 Å². The molecule has 2 amide bonds. The summed E-state index contributed by atoms with van der Waals surface area (Å²) in [5.41, 5.74) is 1.59. The molecule has 0 aliphatic rings. The van der Waals surface area contributed by atoms with Crippen LogP contribution in [0.25, 0.3) is 0 Å². The van der Waals surface area contributed by atoms with Gasteiger partial charge in [0.2, 0.25) is 0 Å².